The summed E-state index contributed by atoms with van der Waals surface area (Å²) in [6.07, 6.45) is -0.448. The van der Waals surface area contributed by atoms with Gasteiger partial charge in [0, 0.05) is 19.3 Å². The average molecular weight is 514 g/mol. The number of benzene rings is 2. The summed E-state index contributed by atoms with van der Waals surface area (Å²) in [5, 5.41) is 26.5. The van der Waals surface area contributed by atoms with Gasteiger partial charge >= 0.3 is 5.97 Å². The molecule has 0 fully saturated rings. The second-order valence-corrected chi connectivity index (χ2v) is 8.35. The summed E-state index contributed by atoms with van der Waals surface area (Å²) in [4.78, 5) is 61.2. The number of phenols is 1. The Morgan fingerprint density at radius 1 is 0.757 bits per heavy atom. The van der Waals surface area contributed by atoms with E-state index in [0.717, 1.165) is 0 Å². The lowest BCUT2D eigenvalue weighted by Crippen LogP contribution is -2.57. The van der Waals surface area contributed by atoms with Crippen LogP contribution in [0.15, 0.2) is 54.6 Å². The smallest absolute Gasteiger partial charge is 0.326 e. The second-order valence-electron chi connectivity index (χ2n) is 8.35. The molecule has 3 atom stereocenters. The van der Waals surface area contributed by atoms with E-state index in [9.17, 15) is 34.2 Å². The highest BCUT2D eigenvalue weighted by molar-refractivity contribution is 5.94. The van der Waals surface area contributed by atoms with Gasteiger partial charge in [-0.25, -0.2) is 4.79 Å². The Hall–Kier alpha value is -4.45. The van der Waals surface area contributed by atoms with E-state index in [0.29, 0.717) is 11.1 Å². The number of rotatable bonds is 14. The van der Waals surface area contributed by atoms with E-state index < -0.39 is 47.7 Å². The Kier molecular flexibility index (Phi) is 11.0. The van der Waals surface area contributed by atoms with Gasteiger partial charge in [0.25, 0.3) is 0 Å². The van der Waals surface area contributed by atoms with Crippen molar-refractivity contribution in [3.63, 3.8) is 0 Å². The molecule has 2 aromatic rings. The summed E-state index contributed by atoms with van der Waals surface area (Å²) in [7, 11) is 0. The van der Waals surface area contributed by atoms with Gasteiger partial charge in [-0.15, -0.1) is 0 Å². The Balaban J connectivity index is 2.20. The van der Waals surface area contributed by atoms with Gasteiger partial charge in [0.1, 0.15) is 23.9 Å². The number of aromatic hydroxyl groups is 1. The molecular weight excluding hydrogens is 482 g/mol. The van der Waals surface area contributed by atoms with Crippen molar-refractivity contribution in [2.75, 3.05) is 6.54 Å². The van der Waals surface area contributed by atoms with Crippen molar-refractivity contribution in [3.8, 4) is 5.75 Å². The largest absolute Gasteiger partial charge is 0.508 e. The standard InChI is InChI=1S/C25H31N5O7/c26-14-22(33)28-19(12-16-6-8-17(31)9-7-16)24(35)29-18(10-11-21(27)32)23(34)30-20(25(36)37)13-15-4-2-1-3-5-15/h1-9,18-20,31H,10-14,26H2,(H2,27,32)(H,28,33)(H,29,35)(H,30,34)(H,36,37). The predicted octanol–water partition coefficient (Wildman–Crippen LogP) is -1.06. The van der Waals surface area contributed by atoms with Crippen LogP contribution in [0, 0.1) is 0 Å². The maximum Gasteiger partial charge on any atom is 0.326 e. The van der Waals surface area contributed by atoms with Crippen LogP contribution in [-0.4, -0.2) is 64.5 Å². The monoisotopic (exact) mass is 513 g/mol. The molecule has 0 heterocycles. The van der Waals surface area contributed by atoms with Crippen LogP contribution in [0.4, 0.5) is 0 Å². The van der Waals surface area contributed by atoms with Crippen molar-refractivity contribution in [2.24, 2.45) is 11.5 Å². The molecule has 9 N–H and O–H groups in total. The third kappa shape index (κ3) is 9.98. The molecule has 0 bridgehead atoms. The van der Waals surface area contributed by atoms with Crippen LogP contribution in [-0.2, 0) is 36.8 Å². The van der Waals surface area contributed by atoms with Crippen LogP contribution < -0.4 is 27.4 Å². The van der Waals surface area contributed by atoms with E-state index in [1.54, 1.807) is 42.5 Å². The molecule has 2 rings (SSSR count). The van der Waals surface area contributed by atoms with Crippen LogP contribution in [0.3, 0.4) is 0 Å². The van der Waals surface area contributed by atoms with E-state index in [2.05, 4.69) is 16.0 Å². The van der Waals surface area contributed by atoms with Gasteiger partial charge in [-0.2, -0.15) is 0 Å². The molecule has 2 aromatic carbocycles. The van der Waals surface area contributed by atoms with Crippen molar-refractivity contribution >= 4 is 29.6 Å². The SMILES string of the molecule is NCC(=O)NC(Cc1ccc(O)cc1)C(=O)NC(CCC(N)=O)C(=O)NC(Cc1ccccc1)C(=O)O. The lowest BCUT2D eigenvalue weighted by Gasteiger charge is -2.24. The number of carboxylic acids is 1. The second kappa shape index (κ2) is 14.2. The summed E-state index contributed by atoms with van der Waals surface area (Å²) in [6.45, 7) is -0.384. The number of phenolic OH excluding ortho intramolecular Hbond substituents is 1. The minimum Gasteiger partial charge on any atom is -0.508 e. The third-order valence-corrected chi connectivity index (χ3v) is 5.42. The molecule has 0 radical (unpaired) electrons. The van der Waals surface area contributed by atoms with Crippen molar-refractivity contribution in [2.45, 2.75) is 43.8 Å². The lowest BCUT2D eigenvalue weighted by atomic mass is 10.0. The predicted molar refractivity (Wildman–Crippen MR) is 133 cm³/mol. The fourth-order valence-corrected chi connectivity index (χ4v) is 3.48. The van der Waals surface area contributed by atoms with E-state index in [1.165, 1.54) is 12.1 Å². The minimum atomic E-state index is -1.31. The van der Waals surface area contributed by atoms with Crippen LogP contribution in [0.2, 0.25) is 0 Å². The van der Waals surface area contributed by atoms with E-state index in [1.807, 2.05) is 0 Å². The molecule has 0 aromatic heterocycles. The van der Waals surface area contributed by atoms with Gasteiger partial charge in [-0.3, -0.25) is 19.2 Å². The minimum absolute atomic E-state index is 0.00552. The van der Waals surface area contributed by atoms with E-state index >= 15 is 0 Å². The third-order valence-electron chi connectivity index (χ3n) is 5.42. The van der Waals surface area contributed by atoms with Gasteiger partial charge in [0.15, 0.2) is 0 Å². The maximum atomic E-state index is 13.1. The van der Waals surface area contributed by atoms with Crippen LogP contribution >= 0.6 is 0 Å². The first-order chi connectivity index (χ1) is 17.6. The molecule has 198 valence electrons. The quantitative estimate of drug-likeness (QED) is 0.165. The molecule has 0 spiro atoms. The van der Waals surface area contributed by atoms with Crippen molar-refractivity contribution in [1.82, 2.24) is 16.0 Å². The van der Waals surface area contributed by atoms with Gasteiger partial charge in [-0.1, -0.05) is 42.5 Å². The van der Waals surface area contributed by atoms with Crippen molar-refractivity contribution in [1.29, 1.82) is 0 Å². The molecule has 0 aliphatic carbocycles. The van der Waals surface area contributed by atoms with Gasteiger partial charge in [0.2, 0.25) is 23.6 Å². The zero-order valence-electron chi connectivity index (χ0n) is 20.1. The number of nitrogens with two attached hydrogens (primary N) is 2. The number of carboxylic acid groups (broad SMARTS) is 1. The molecule has 37 heavy (non-hydrogen) atoms. The average Bonchev–Trinajstić information content (AvgIpc) is 2.87. The maximum absolute atomic E-state index is 13.1. The number of carbonyl (C=O) groups excluding carboxylic acids is 4. The number of amides is 4. The molecule has 0 aliphatic rings. The fraction of sp³-hybridized carbons (Fsp3) is 0.320. The zero-order valence-corrected chi connectivity index (χ0v) is 20.1. The molecular formula is C25H31N5O7. The number of aliphatic carboxylic acids is 1. The summed E-state index contributed by atoms with van der Waals surface area (Å²) in [6, 6.07) is 10.8. The Bertz CT molecular complexity index is 1090. The normalized spacial score (nSPS) is 13.0. The Labute approximate surface area is 213 Å². The molecule has 0 saturated heterocycles. The molecule has 0 aliphatic heterocycles. The number of carbonyl (C=O) groups is 5. The molecule has 4 amide bonds. The molecule has 12 heteroatoms. The highest BCUT2D eigenvalue weighted by atomic mass is 16.4. The fourth-order valence-electron chi connectivity index (χ4n) is 3.48. The summed E-state index contributed by atoms with van der Waals surface area (Å²) in [5.74, 6) is -4.19. The number of primary amides is 1. The van der Waals surface area contributed by atoms with Crippen molar-refractivity contribution < 1.29 is 34.2 Å². The number of hydrogen-bond donors (Lipinski definition) is 7. The summed E-state index contributed by atoms with van der Waals surface area (Å²) < 4.78 is 0. The van der Waals surface area contributed by atoms with Gasteiger partial charge in [0.05, 0.1) is 6.54 Å². The molecule has 12 nitrogen and oxygen atoms in total. The Morgan fingerprint density at radius 2 is 1.30 bits per heavy atom. The van der Waals surface area contributed by atoms with Crippen LogP contribution in [0.25, 0.3) is 0 Å². The highest BCUT2D eigenvalue weighted by Crippen LogP contribution is 2.12. The first kappa shape index (κ1) is 28.8. The van der Waals surface area contributed by atoms with Crippen LogP contribution in [0.1, 0.15) is 24.0 Å². The first-order valence-corrected chi connectivity index (χ1v) is 11.5. The van der Waals surface area contributed by atoms with Crippen molar-refractivity contribution in [3.05, 3.63) is 65.7 Å². The lowest BCUT2D eigenvalue weighted by molar-refractivity contribution is -0.142. The topological polar surface area (TPSA) is 214 Å². The van der Waals surface area contributed by atoms with Gasteiger partial charge in [-0.05, 0) is 29.7 Å². The van der Waals surface area contributed by atoms with E-state index in [4.69, 9.17) is 11.5 Å². The zero-order chi connectivity index (χ0) is 27.4. The van der Waals surface area contributed by atoms with E-state index in [-0.39, 0.29) is 38.0 Å². The number of nitrogens with one attached hydrogen (secondary N) is 3. The molecule has 3 unspecified atom stereocenters. The first-order valence-electron chi connectivity index (χ1n) is 11.5. The summed E-state index contributed by atoms with van der Waals surface area (Å²) >= 11 is 0. The molecule has 0 saturated carbocycles. The summed E-state index contributed by atoms with van der Waals surface area (Å²) in [5.41, 5.74) is 11.8. The van der Waals surface area contributed by atoms with Crippen LogP contribution in [0.5, 0.6) is 5.75 Å². The highest BCUT2D eigenvalue weighted by Gasteiger charge is 2.30. The van der Waals surface area contributed by atoms with Gasteiger partial charge < -0.3 is 37.6 Å². The number of hydrogen-bond acceptors (Lipinski definition) is 7. The Morgan fingerprint density at radius 3 is 1.86 bits per heavy atom.